The van der Waals surface area contributed by atoms with Crippen molar-refractivity contribution in [2.75, 3.05) is 25.2 Å². The van der Waals surface area contributed by atoms with E-state index in [4.69, 9.17) is 9.47 Å². The van der Waals surface area contributed by atoms with Crippen LogP contribution in [0, 0.1) is 5.92 Å². The summed E-state index contributed by atoms with van der Waals surface area (Å²) in [6, 6.07) is 22.5. The minimum Gasteiger partial charge on any atom is -0.454 e. The molecule has 3 atom stereocenters. The smallest absolute Gasteiger partial charge is 0.266 e. The Morgan fingerprint density at radius 2 is 1.79 bits per heavy atom. The quantitative estimate of drug-likeness (QED) is 0.363. The minimum atomic E-state index is -0.224. The molecule has 3 aromatic carbocycles. The van der Waals surface area contributed by atoms with Crippen LogP contribution in [0.25, 0.3) is 0 Å². The van der Waals surface area contributed by atoms with Crippen molar-refractivity contribution in [2.45, 2.75) is 38.3 Å². The first-order chi connectivity index (χ1) is 19.0. The van der Waals surface area contributed by atoms with Gasteiger partial charge < -0.3 is 19.5 Å². The number of ether oxygens (including phenoxy) is 2. The summed E-state index contributed by atoms with van der Waals surface area (Å²) in [7, 11) is 1.67. The molecule has 7 nitrogen and oxygen atoms in total. The number of aliphatic hydroxyl groups is 1. The number of rotatable bonds is 8. The van der Waals surface area contributed by atoms with E-state index < -0.39 is 0 Å². The summed E-state index contributed by atoms with van der Waals surface area (Å²) < 4.78 is 11.9. The first-order valence-electron chi connectivity index (χ1n) is 13.4. The van der Waals surface area contributed by atoms with Crippen LogP contribution in [0.2, 0.25) is 0 Å². The monoisotopic (exact) mass is 526 g/mol. The molecule has 39 heavy (non-hydrogen) atoms. The zero-order valence-electron chi connectivity index (χ0n) is 22.3. The molecule has 3 aromatic rings. The molecule has 0 aliphatic carbocycles. The second kappa shape index (κ2) is 11.8. The highest BCUT2D eigenvalue weighted by atomic mass is 16.5. The van der Waals surface area contributed by atoms with Crippen LogP contribution in [0.5, 0.6) is 11.5 Å². The van der Waals surface area contributed by atoms with Crippen molar-refractivity contribution in [1.82, 2.24) is 4.90 Å². The van der Waals surface area contributed by atoms with Crippen LogP contribution in [0.3, 0.4) is 0 Å². The van der Waals surface area contributed by atoms with Crippen molar-refractivity contribution in [3.63, 3.8) is 0 Å². The van der Waals surface area contributed by atoms with Crippen molar-refractivity contribution in [1.29, 1.82) is 0 Å². The standard InChI is InChI=1S/C32H34N2O5/c1-22(9-7-15-30(36)33-20-8-10-25(33)21-35)31(38-2)23-16-18-24(19-17-23)34-27-12-4-6-14-29(27)39-28-13-5-3-11-26(28)32(34)37/h3-7,9,11-14,16-19,22,25,31,35H,8,10,15,20-21H2,1-2H3/b9-7+/t22-,25+,31+/m1/s1. The van der Waals surface area contributed by atoms with E-state index >= 15 is 0 Å². The third-order valence-corrected chi connectivity index (χ3v) is 7.50. The Kier molecular flexibility index (Phi) is 8.10. The van der Waals surface area contributed by atoms with Gasteiger partial charge in [0.2, 0.25) is 5.91 Å². The predicted molar refractivity (Wildman–Crippen MR) is 150 cm³/mol. The fourth-order valence-electron chi connectivity index (χ4n) is 5.49. The van der Waals surface area contributed by atoms with E-state index in [1.54, 1.807) is 29.0 Å². The van der Waals surface area contributed by atoms with Crippen molar-refractivity contribution in [3.8, 4) is 11.5 Å². The molecule has 5 rings (SSSR count). The van der Waals surface area contributed by atoms with Gasteiger partial charge in [-0.1, -0.05) is 55.5 Å². The van der Waals surface area contributed by atoms with Crippen molar-refractivity contribution in [2.24, 2.45) is 5.92 Å². The Hall–Kier alpha value is -3.94. The molecular weight excluding hydrogens is 492 g/mol. The zero-order chi connectivity index (χ0) is 27.4. The van der Waals surface area contributed by atoms with Crippen LogP contribution < -0.4 is 9.64 Å². The van der Waals surface area contributed by atoms with Gasteiger partial charge in [-0.25, -0.2) is 0 Å². The maximum atomic E-state index is 13.7. The molecule has 2 aliphatic heterocycles. The first kappa shape index (κ1) is 26.7. The molecular formula is C32H34N2O5. The number of carbonyl (C=O) groups is 2. The van der Waals surface area contributed by atoms with Crippen LogP contribution in [0.15, 0.2) is 84.9 Å². The fraction of sp³-hybridized carbons (Fsp3) is 0.312. The topological polar surface area (TPSA) is 79.3 Å². The van der Waals surface area contributed by atoms with Gasteiger partial charge in [0.1, 0.15) is 5.75 Å². The lowest BCUT2D eigenvalue weighted by Gasteiger charge is -2.25. The normalized spacial score (nSPS) is 18.3. The Balaban J connectivity index is 1.33. The summed E-state index contributed by atoms with van der Waals surface area (Å²) in [6.07, 6.45) is 5.78. The van der Waals surface area contributed by atoms with E-state index in [9.17, 15) is 14.7 Å². The summed E-state index contributed by atoms with van der Waals surface area (Å²) in [4.78, 5) is 29.7. The lowest BCUT2D eigenvalue weighted by molar-refractivity contribution is -0.131. The van der Waals surface area contributed by atoms with E-state index in [0.717, 1.165) is 24.1 Å². The largest absolute Gasteiger partial charge is 0.454 e. The number of nitrogens with zero attached hydrogens (tertiary/aromatic N) is 2. The highest BCUT2D eigenvalue weighted by Crippen LogP contribution is 2.42. The number of amides is 2. The predicted octanol–water partition coefficient (Wildman–Crippen LogP) is 6.02. The number of hydrogen-bond acceptors (Lipinski definition) is 5. The van der Waals surface area contributed by atoms with E-state index in [1.165, 1.54) is 0 Å². The van der Waals surface area contributed by atoms with Gasteiger partial charge in [0.15, 0.2) is 5.75 Å². The van der Waals surface area contributed by atoms with E-state index in [1.807, 2.05) is 72.8 Å². The molecule has 0 bridgehead atoms. The van der Waals surface area contributed by atoms with Gasteiger partial charge >= 0.3 is 0 Å². The number of aliphatic hydroxyl groups excluding tert-OH is 1. The Bertz CT molecular complexity index is 1350. The van der Waals surface area contributed by atoms with Gasteiger partial charge in [-0.2, -0.15) is 0 Å². The van der Waals surface area contributed by atoms with Crippen LogP contribution in [0.1, 0.15) is 48.2 Å². The molecule has 1 N–H and O–H groups in total. The third kappa shape index (κ3) is 5.46. The number of para-hydroxylation sites is 3. The molecule has 0 aromatic heterocycles. The number of anilines is 2. The van der Waals surface area contributed by atoms with E-state index in [-0.39, 0.29) is 36.5 Å². The molecule has 2 aliphatic rings. The average Bonchev–Trinajstić information content (AvgIpc) is 3.40. The Labute approximate surface area is 229 Å². The number of benzene rings is 3. The Morgan fingerprint density at radius 1 is 1.08 bits per heavy atom. The summed E-state index contributed by atoms with van der Waals surface area (Å²) in [5.74, 6) is 1.04. The first-order valence-corrected chi connectivity index (χ1v) is 13.4. The lowest BCUT2D eigenvalue weighted by Crippen LogP contribution is -2.37. The Morgan fingerprint density at radius 3 is 2.54 bits per heavy atom. The molecule has 0 spiro atoms. The molecule has 7 heteroatoms. The third-order valence-electron chi connectivity index (χ3n) is 7.50. The summed E-state index contributed by atoms with van der Waals surface area (Å²) in [5, 5.41) is 9.50. The van der Waals surface area contributed by atoms with Gasteiger partial charge in [-0.15, -0.1) is 0 Å². The summed E-state index contributed by atoms with van der Waals surface area (Å²) in [5.41, 5.74) is 2.87. The van der Waals surface area contributed by atoms with Crippen molar-refractivity contribution >= 4 is 23.2 Å². The molecule has 0 saturated carbocycles. The molecule has 0 radical (unpaired) electrons. The maximum Gasteiger partial charge on any atom is 0.266 e. The van der Waals surface area contributed by atoms with Gasteiger partial charge in [0.25, 0.3) is 5.91 Å². The summed E-state index contributed by atoms with van der Waals surface area (Å²) in [6.45, 7) is 2.78. The molecule has 1 fully saturated rings. The highest BCUT2D eigenvalue weighted by molar-refractivity contribution is 6.14. The second-order valence-electron chi connectivity index (χ2n) is 10.0. The SMILES string of the molecule is CO[C@H](c1ccc(N2C(=O)c3ccccc3Oc3ccccc32)cc1)[C@H](C)/C=C/CC(=O)N1CCC[C@H]1CO. The maximum absolute atomic E-state index is 13.7. The van der Waals surface area contributed by atoms with Crippen LogP contribution in [-0.4, -0.2) is 48.1 Å². The lowest BCUT2D eigenvalue weighted by atomic mass is 9.96. The van der Waals surface area contributed by atoms with Gasteiger partial charge in [-0.3, -0.25) is 14.5 Å². The fourth-order valence-corrected chi connectivity index (χ4v) is 5.49. The van der Waals surface area contributed by atoms with Gasteiger partial charge in [0, 0.05) is 31.7 Å². The molecule has 1 saturated heterocycles. The minimum absolute atomic E-state index is 0.0155. The van der Waals surface area contributed by atoms with Crippen molar-refractivity contribution < 1.29 is 24.2 Å². The molecule has 0 unspecified atom stereocenters. The van der Waals surface area contributed by atoms with Gasteiger partial charge in [0.05, 0.1) is 30.0 Å². The molecule has 2 amide bonds. The molecule has 2 heterocycles. The molecule has 202 valence electrons. The van der Waals surface area contributed by atoms with Crippen LogP contribution in [-0.2, 0) is 9.53 Å². The second-order valence-corrected chi connectivity index (χ2v) is 10.0. The zero-order valence-corrected chi connectivity index (χ0v) is 22.3. The van der Waals surface area contributed by atoms with Crippen LogP contribution >= 0.6 is 0 Å². The number of fused-ring (bicyclic) bond motifs is 2. The van der Waals surface area contributed by atoms with Crippen molar-refractivity contribution in [3.05, 3.63) is 96.1 Å². The highest BCUT2D eigenvalue weighted by Gasteiger charge is 2.30. The number of carbonyl (C=O) groups excluding carboxylic acids is 2. The average molecular weight is 527 g/mol. The number of hydrogen-bond donors (Lipinski definition) is 1. The number of methoxy groups -OCH3 is 1. The van der Waals surface area contributed by atoms with E-state index in [2.05, 4.69) is 6.92 Å². The number of likely N-dealkylation sites (tertiary alicyclic amines) is 1. The van der Waals surface area contributed by atoms with Gasteiger partial charge in [-0.05, 0) is 54.8 Å². The van der Waals surface area contributed by atoms with Crippen LogP contribution in [0.4, 0.5) is 11.4 Å². The summed E-state index contributed by atoms with van der Waals surface area (Å²) >= 11 is 0. The van der Waals surface area contributed by atoms with E-state index in [0.29, 0.717) is 35.7 Å².